The molecule has 6 heteroatoms. The lowest BCUT2D eigenvalue weighted by Gasteiger charge is -2.48. The number of carbonyl (C=O) groups is 1. The molecule has 4 nitrogen and oxygen atoms in total. The number of halogens is 1. The van der Waals surface area contributed by atoms with Crippen LogP contribution in [0, 0.1) is 0 Å². The van der Waals surface area contributed by atoms with Gasteiger partial charge in [0.25, 0.3) is 5.91 Å². The quantitative estimate of drug-likeness (QED) is 0.852. The van der Waals surface area contributed by atoms with Gasteiger partial charge in [0.05, 0.1) is 17.5 Å². The smallest absolute Gasteiger partial charge is 0.260 e. The number of nitrogens with zero attached hydrogens (tertiary/aromatic N) is 2. The Morgan fingerprint density at radius 2 is 2.32 bits per heavy atom. The van der Waals surface area contributed by atoms with Crippen molar-refractivity contribution in [3.63, 3.8) is 0 Å². The minimum absolute atomic E-state index is 0.0977. The summed E-state index contributed by atoms with van der Waals surface area (Å²) in [6, 6.07) is 3.91. The maximum atomic E-state index is 13.8. The Labute approximate surface area is 133 Å². The van der Waals surface area contributed by atoms with Crippen LogP contribution in [0.3, 0.4) is 0 Å². The summed E-state index contributed by atoms with van der Waals surface area (Å²) in [5, 5.41) is 0. The first-order chi connectivity index (χ1) is 10.6. The maximum absolute atomic E-state index is 13.8. The normalized spacial score (nSPS) is 27.7. The lowest BCUT2D eigenvalue weighted by molar-refractivity contribution is -0.144. The summed E-state index contributed by atoms with van der Waals surface area (Å²) in [5.74, 6) is 0.654. The molecule has 118 valence electrons. The molecule has 1 saturated carbocycles. The highest BCUT2D eigenvalue weighted by molar-refractivity contribution is 8.01. The number of aromatic nitrogens is 1. The summed E-state index contributed by atoms with van der Waals surface area (Å²) in [6.07, 6.45) is 5.53. The third kappa shape index (κ3) is 2.63. The second kappa shape index (κ2) is 5.20. The summed E-state index contributed by atoms with van der Waals surface area (Å²) in [4.78, 5) is 17.7. The van der Waals surface area contributed by atoms with Gasteiger partial charge in [-0.1, -0.05) is 6.07 Å². The summed E-state index contributed by atoms with van der Waals surface area (Å²) in [6.45, 7) is 1.93. The van der Waals surface area contributed by atoms with E-state index >= 15 is 0 Å². The minimum atomic E-state index is -1.53. The molecule has 0 N–H and O–H groups in total. The molecule has 1 amide bonds. The SMILES string of the molecule is O=C(N1CC2(CC(OCc3cccnc3)CS2)C1)C1(F)CC1. The number of likely N-dealkylation sites (tertiary alicyclic amines) is 1. The Kier molecular flexibility index (Phi) is 3.42. The zero-order chi connectivity index (χ0) is 15.2. The number of pyridine rings is 1. The zero-order valence-electron chi connectivity index (χ0n) is 12.3. The lowest BCUT2D eigenvalue weighted by atomic mass is 9.92. The standard InChI is InChI=1S/C16H19FN2O2S/c17-16(3-4-16)14(20)19-10-15(11-19)6-13(9-22-15)21-8-12-2-1-5-18-7-12/h1-2,5,7,13H,3-4,6,8-11H2. The van der Waals surface area contributed by atoms with E-state index in [1.54, 1.807) is 11.1 Å². The molecule has 0 bridgehead atoms. The van der Waals surface area contributed by atoms with Crippen LogP contribution < -0.4 is 0 Å². The third-order valence-corrected chi connectivity index (χ3v) is 6.28. The van der Waals surface area contributed by atoms with Crippen molar-refractivity contribution in [2.24, 2.45) is 0 Å². The fraction of sp³-hybridized carbons (Fsp3) is 0.625. The number of alkyl halides is 1. The van der Waals surface area contributed by atoms with E-state index in [4.69, 9.17) is 4.74 Å². The average Bonchev–Trinajstić information content (AvgIpc) is 3.11. The predicted octanol–water partition coefficient (Wildman–Crippen LogP) is 2.19. The highest BCUT2D eigenvalue weighted by Crippen LogP contribution is 2.49. The Morgan fingerprint density at radius 3 is 3.00 bits per heavy atom. The van der Waals surface area contributed by atoms with Gasteiger partial charge >= 0.3 is 0 Å². The molecule has 2 saturated heterocycles. The van der Waals surface area contributed by atoms with E-state index in [1.165, 1.54) is 0 Å². The van der Waals surface area contributed by atoms with E-state index < -0.39 is 5.67 Å². The van der Waals surface area contributed by atoms with Gasteiger partial charge in [-0.05, 0) is 30.9 Å². The molecular weight excluding hydrogens is 303 g/mol. The van der Waals surface area contributed by atoms with Gasteiger partial charge in [0.2, 0.25) is 0 Å². The first-order valence-electron chi connectivity index (χ1n) is 7.71. The Morgan fingerprint density at radius 1 is 1.50 bits per heavy atom. The van der Waals surface area contributed by atoms with Crippen molar-refractivity contribution in [2.75, 3.05) is 18.8 Å². The highest BCUT2D eigenvalue weighted by atomic mass is 32.2. The largest absolute Gasteiger partial charge is 0.373 e. The maximum Gasteiger partial charge on any atom is 0.260 e. The summed E-state index contributed by atoms with van der Waals surface area (Å²) < 4.78 is 19.9. The molecule has 1 aromatic heterocycles. The molecule has 4 rings (SSSR count). The van der Waals surface area contributed by atoms with E-state index in [0.717, 1.165) is 17.7 Å². The van der Waals surface area contributed by atoms with Crippen LogP contribution in [0.25, 0.3) is 0 Å². The van der Waals surface area contributed by atoms with Crippen molar-refractivity contribution in [1.82, 2.24) is 9.88 Å². The monoisotopic (exact) mass is 322 g/mol. The molecule has 0 aromatic carbocycles. The van der Waals surface area contributed by atoms with Gasteiger partial charge in [-0.3, -0.25) is 9.78 Å². The van der Waals surface area contributed by atoms with Crippen molar-refractivity contribution in [2.45, 2.75) is 42.4 Å². The molecule has 1 aliphatic carbocycles. The van der Waals surface area contributed by atoms with E-state index in [1.807, 2.05) is 30.1 Å². The van der Waals surface area contributed by atoms with Gasteiger partial charge in [0.1, 0.15) is 0 Å². The second-order valence-corrected chi connectivity index (χ2v) is 8.11. The molecule has 1 unspecified atom stereocenters. The first kappa shape index (κ1) is 14.5. The summed E-state index contributed by atoms with van der Waals surface area (Å²) in [7, 11) is 0. The molecule has 1 aromatic rings. The van der Waals surface area contributed by atoms with Crippen LogP contribution in [0.4, 0.5) is 4.39 Å². The van der Waals surface area contributed by atoms with Crippen molar-refractivity contribution in [3.8, 4) is 0 Å². The Hall–Kier alpha value is -1.14. The third-order valence-electron chi connectivity index (χ3n) is 4.70. The molecule has 0 radical (unpaired) electrons. The summed E-state index contributed by atoms with van der Waals surface area (Å²) in [5.41, 5.74) is -0.451. The minimum Gasteiger partial charge on any atom is -0.373 e. The zero-order valence-corrected chi connectivity index (χ0v) is 13.2. The lowest BCUT2D eigenvalue weighted by Crippen LogP contribution is -2.62. The van der Waals surface area contributed by atoms with Gasteiger partial charge < -0.3 is 9.64 Å². The molecule has 1 spiro atoms. The molecule has 3 fully saturated rings. The summed E-state index contributed by atoms with van der Waals surface area (Å²) >= 11 is 1.87. The van der Waals surface area contributed by atoms with Crippen LogP contribution in [0.15, 0.2) is 24.5 Å². The van der Waals surface area contributed by atoms with Gasteiger partial charge in [-0.25, -0.2) is 4.39 Å². The van der Waals surface area contributed by atoms with Crippen LogP contribution >= 0.6 is 11.8 Å². The average molecular weight is 322 g/mol. The van der Waals surface area contributed by atoms with Crippen molar-refractivity contribution in [1.29, 1.82) is 0 Å². The number of amides is 1. The van der Waals surface area contributed by atoms with E-state index in [-0.39, 0.29) is 16.8 Å². The molecule has 22 heavy (non-hydrogen) atoms. The molecular formula is C16H19FN2O2S. The fourth-order valence-electron chi connectivity index (χ4n) is 3.23. The molecule has 1 atom stereocenters. The van der Waals surface area contributed by atoms with Crippen LogP contribution in [0.2, 0.25) is 0 Å². The predicted molar refractivity (Wildman–Crippen MR) is 82.3 cm³/mol. The van der Waals surface area contributed by atoms with Crippen LogP contribution in [-0.2, 0) is 16.1 Å². The van der Waals surface area contributed by atoms with Gasteiger partial charge in [-0.2, -0.15) is 0 Å². The van der Waals surface area contributed by atoms with Gasteiger partial charge in [0, 0.05) is 31.2 Å². The molecule has 3 heterocycles. The highest BCUT2D eigenvalue weighted by Gasteiger charge is 2.58. The fourth-order valence-corrected chi connectivity index (χ4v) is 4.78. The topological polar surface area (TPSA) is 42.4 Å². The van der Waals surface area contributed by atoms with Crippen LogP contribution in [-0.4, -0.2) is 51.2 Å². The van der Waals surface area contributed by atoms with Gasteiger partial charge in [0.15, 0.2) is 5.67 Å². The Balaban J connectivity index is 1.26. The first-order valence-corrected chi connectivity index (χ1v) is 8.70. The van der Waals surface area contributed by atoms with Crippen LogP contribution in [0.5, 0.6) is 0 Å². The second-order valence-electron chi connectivity index (χ2n) is 6.62. The van der Waals surface area contributed by atoms with E-state index in [9.17, 15) is 9.18 Å². The number of rotatable bonds is 4. The van der Waals surface area contributed by atoms with Crippen molar-refractivity contribution < 1.29 is 13.9 Å². The Bertz CT molecular complexity index is 573. The molecule has 3 aliphatic rings. The van der Waals surface area contributed by atoms with E-state index in [2.05, 4.69) is 4.98 Å². The van der Waals surface area contributed by atoms with Crippen LogP contribution in [0.1, 0.15) is 24.8 Å². The number of ether oxygens (including phenoxy) is 1. The van der Waals surface area contributed by atoms with E-state index in [0.29, 0.717) is 32.5 Å². The van der Waals surface area contributed by atoms with Gasteiger partial charge in [-0.15, -0.1) is 11.8 Å². The van der Waals surface area contributed by atoms with Crippen molar-refractivity contribution >= 4 is 17.7 Å². The number of hydrogen-bond donors (Lipinski definition) is 0. The number of hydrogen-bond acceptors (Lipinski definition) is 4. The molecule has 2 aliphatic heterocycles. The van der Waals surface area contributed by atoms with Crippen molar-refractivity contribution in [3.05, 3.63) is 30.1 Å². The number of carbonyl (C=O) groups excluding carboxylic acids is 1. The number of thioether (sulfide) groups is 1.